The number of hydrogen-bond donors (Lipinski definition) is 0. The summed E-state index contributed by atoms with van der Waals surface area (Å²) >= 11 is 0. The van der Waals surface area contributed by atoms with Gasteiger partial charge in [-0.25, -0.2) is 0 Å². The molecule has 0 unspecified atom stereocenters. The van der Waals surface area contributed by atoms with Crippen LogP contribution >= 0.6 is 0 Å². The molecule has 0 bridgehead atoms. The van der Waals surface area contributed by atoms with E-state index in [0.29, 0.717) is 25.2 Å². The van der Waals surface area contributed by atoms with Crippen LogP contribution in [-0.2, 0) is 16.0 Å². The van der Waals surface area contributed by atoms with E-state index in [9.17, 15) is 4.79 Å². The Bertz CT molecular complexity index is 331. The van der Waals surface area contributed by atoms with Gasteiger partial charge in [0.2, 0.25) is 0 Å². The molecule has 0 aromatic heterocycles. The Balaban J connectivity index is 2.26. The van der Waals surface area contributed by atoms with Crippen molar-refractivity contribution in [2.75, 3.05) is 13.7 Å². The molecule has 0 fully saturated rings. The lowest BCUT2D eigenvalue weighted by atomic mass is 10.0. The molecule has 0 atom stereocenters. The Kier molecular flexibility index (Phi) is 5.79. The highest BCUT2D eigenvalue weighted by atomic mass is 16.5. The Morgan fingerprint density at radius 2 is 2.12 bits per heavy atom. The van der Waals surface area contributed by atoms with Crippen LogP contribution in [0.1, 0.15) is 30.4 Å². The second kappa shape index (κ2) is 7.18. The summed E-state index contributed by atoms with van der Waals surface area (Å²) in [5, 5.41) is 0. The SMILES string of the molecule is COCCCC(=O)CCc1cccc(C)c1. The van der Waals surface area contributed by atoms with Crippen molar-refractivity contribution >= 4 is 5.78 Å². The molecular formula is C14H20O2. The van der Waals surface area contributed by atoms with Gasteiger partial charge in [-0.2, -0.15) is 0 Å². The highest BCUT2D eigenvalue weighted by molar-refractivity contribution is 5.78. The largest absolute Gasteiger partial charge is 0.385 e. The number of ketones is 1. The second-order valence-electron chi connectivity index (χ2n) is 4.12. The van der Waals surface area contributed by atoms with E-state index < -0.39 is 0 Å². The van der Waals surface area contributed by atoms with Gasteiger partial charge in [0.05, 0.1) is 0 Å². The molecule has 0 spiro atoms. The molecule has 1 rings (SSSR count). The monoisotopic (exact) mass is 220 g/mol. The fourth-order valence-electron chi connectivity index (χ4n) is 1.69. The lowest BCUT2D eigenvalue weighted by Crippen LogP contribution is -2.02. The van der Waals surface area contributed by atoms with Gasteiger partial charge in [-0.3, -0.25) is 4.79 Å². The van der Waals surface area contributed by atoms with E-state index in [1.165, 1.54) is 11.1 Å². The van der Waals surface area contributed by atoms with Crippen molar-refractivity contribution in [1.82, 2.24) is 0 Å². The predicted octanol–water partition coefficient (Wildman–Crippen LogP) is 2.92. The van der Waals surface area contributed by atoms with Gasteiger partial charge in [-0.1, -0.05) is 29.8 Å². The summed E-state index contributed by atoms with van der Waals surface area (Å²) in [6, 6.07) is 8.34. The number of methoxy groups -OCH3 is 1. The number of Topliss-reactive ketones (excluding diaryl/α,β-unsaturated/α-hetero) is 1. The number of benzene rings is 1. The summed E-state index contributed by atoms with van der Waals surface area (Å²) in [6.07, 6.45) is 2.98. The van der Waals surface area contributed by atoms with Gasteiger partial charge in [0.15, 0.2) is 0 Å². The molecule has 0 saturated heterocycles. The van der Waals surface area contributed by atoms with Crippen LogP contribution in [0.3, 0.4) is 0 Å². The molecule has 0 amide bonds. The summed E-state index contributed by atoms with van der Waals surface area (Å²) in [4.78, 5) is 11.5. The number of ether oxygens (including phenoxy) is 1. The maximum Gasteiger partial charge on any atom is 0.133 e. The van der Waals surface area contributed by atoms with Gasteiger partial charge in [0.25, 0.3) is 0 Å². The third-order valence-electron chi connectivity index (χ3n) is 2.58. The number of aryl methyl sites for hydroxylation is 2. The summed E-state index contributed by atoms with van der Waals surface area (Å²) in [7, 11) is 1.66. The first kappa shape index (κ1) is 12.9. The molecule has 0 radical (unpaired) electrons. The van der Waals surface area contributed by atoms with E-state index in [1.807, 2.05) is 6.07 Å². The summed E-state index contributed by atoms with van der Waals surface area (Å²) in [5.41, 5.74) is 2.50. The van der Waals surface area contributed by atoms with Crippen LogP contribution in [0, 0.1) is 6.92 Å². The average molecular weight is 220 g/mol. The third kappa shape index (κ3) is 5.08. The van der Waals surface area contributed by atoms with Gasteiger partial charge in [0.1, 0.15) is 5.78 Å². The molecular weight excluding hydrogens is 200 g/mol. The Morgan fingerprint density at radius 3 is 2.81 bits per heavy atom. The molecule has 1 aromatic carbocycles. The minimum atomic E-state index is 0.332. The zero-order valence-corrected chi connectivity index (χ0v) is 10.2. The molecule has 0 aliphatic heterocycles. The molecule has 0 N–H and O–H groups in total. The van der Waals surface area contributed by atoms with Gasteiger partial charge in [-0.05, 0) is 25.3 Å². The lowest BCUT2D eigenvalue weighted by Gasteiger charge is -2.02. The Hall–Kier alpha value is -1.15. The Labute approximate surface area is 97.6 Å². The van der Waals surface area contributed by atoms with Crippen LogP contribution in [0.25, 0.3) is 0 Å². The fraction of sp³-hybridized carbons (Fsp3) is 0.500. The Morgan fingerprint density at radius 1 is 1.31 bits per heavy atom. The first-order chi connectivity index (χ1) is 7.72. The van der Waals surface area contributed by atoms with Crippen molar-refractivity contribution in [1.29, 1.82) is 0 Å². The quantitative estimate of drug-likeness (QED) is 0.660. The lowest BCUT2D eigenvalue weighted by molar-refractivity contribution is -0.119. The molecule has 0 heterocycles. The van der Waals surface area contributed by atoms with Crippen LogP contribution in [0.15, 0.2) is 24.3 Å². The number of hydrogen-bond acceptors (Lipinski definition) is 2. The maximum atomic E-state index is 11.5. The van der Waals surface area contributed by atoms with Crippen molar-refractivity contribution in [3.8, 4) is 0 Å². The third-order valence-corrected chi connectivity index (χ3v) is 2.58. The van der Waals surface area contributed by atoms with E-state index in [0.717, 1.165) is 12.8 Å². The average Bonchev–Trinajstić information content (AvgIpc) is 2.27. The highest BCUT2D eigenvalue weighted by Gasteiger charge is 2.02. The standard InChI is InChI=1S/C14H20O2/c1-12-5-3-6-13(11-12)8-9-14(15)7-4-10-16-2/h3,5-6,11H,4,7-10H2,1-2H3. The van der Waals surface area contributed by atoms with Crippen molar-refractivity contribution in [3.05, 3.63) is 35.4 Å². The minimum Gasteiger partial charge on any atom is -0.385 e. The summed E-state index contributed by atoms with van der Waals surface area (Å²) in [5.74, 6) is 0.332. The van der Waals surface area contributed by atoms with Crippen LogP contribution in [-0.4, -0.2) is 19.5 Å². The van der Waals surface area contributed by atoms with Crippen molar-refractivity contribution < 1.29 is 9.53 Å². The molecule has 0 aliphatic rings. The van der Waals surface area contributed by atoms with E-state index in [-0.39, 0.29) is 0 Å². The zero-order chi connectivity index (χ0) is 11.8. The van der Waals surface area contributed by atoms with Gasteiger partial charge in [0, 0.05) is 26.6 Å². The van der Waals surface area contributed by atoms with Crippen LogP contribution < -0.4 is 0 Å². The zero-order valence-electron chi connectivity index (χ0n) is 10.2. The minimum absolute atomic E-state index is 0.332. The predicted molar refractivity (Wildman–Crippen MR) is 65.6 cm³/mol. The van der Waals surface area contributed by atoms with Crippen molar-refractivity contribution in [3.63, 3.8) is 0 Å². The smallest absolute Gasteiger partial charge is 0.133 e. The molecule has 2 heteroatoms. The van der Waals surface area contributed by atoms with E-state index in [2.05, 4.69) is 25.1 Å². The summed E-state index contributed by atoms with van der Waals surface area (Å²) < 4.78 is 4.92. The summed E-state index contributed by atoms with van der Waals surface area (Å²) in [6.45, 7) is 2.75. The molecule has 0 aliphatic carbocycles. The van der Waals surface area contributed by atoms with E-state index in [1.54, 1.807) is 7.11 Å². The molecule has 16 heavy (non-hydrogen) atoms. The first-order valence-electron chi connectivity index (χ1n) is 5.78. The van der Waals surface area contributed by atoms with Gasteiger partial charge in [-0.15, -0.1) is 0 Å². The maximum absolute atomic E-state index is 11.5. The first-order valence-corrected chi connectivity index (χ1v) is 5.78. The topological polar surface area (TPSA) is 26.3 Å². The molecule has 88 valence electrons. The highest BCUT2D eigenvalue weighted by Crippen LogP contribution is 2.08. The number of rotatable bonds is 7. The normalized spacial score (nSPS) is 10.4. The number of carbonyl (C=O) groups is 1. The van der Waals surface area contributed by atoms with E-state index >= 15 is 0 Å². The van der Waals surface area contributed by atoms with Crippen molar-refractivity contribution in [2.24, 2.45) is 0 Å². The van der Waals surface area contributed by atoms with Crippen LogP contribution in [0.4, 0.5) is 0 Å². The molecule has 0 saturated carbocycles. The van der Waals surface area contributed by atoms with Crippen LogP contribution in [0.5, 0.6) is 0 Å². The molecule has 2 nitrogen and oxygen atoms in total. The van der Waals surface area contributed by atoms with Gasteiger partial charge < -0.3 is 4.74 Å². The van der Waals surface area contributed by atoms with E-state index in [4.69, 9.17) is 4.74 Å². The number of carbonyl (C=O) groups excluding carboxylic acids is 1. The van der Waals surface area contributed by atoms with Crippen LogP contribution in [0.2, 0.25) is 0 Å². The fourth-order valence-corrected chi connectivity index (χ4v) is 1.69. The van der Waals surface area contributed by atoms with Crippen molar-refractivity contribution in [2.45, 2.75) is 32.6 Å². The molecule has 1 aromatic rings. The van der Waals surface area contributed by atoms with Gasteiger partial charge >= 0.3 is 0 Å². The second-order valence-corrected chi connectivity index (χ2v) is 4.12.